The number of fused-ring (bicyclic) bond motifs is 1. The van der Waals surface area contributed by atoms with E-state index in [4.69, 9.17) is 14.2 Å². The van der Waals surface area contributed by atoms with Crippen LogP contribution in [0.2, 0.25) is 0 Å². The Labute approximate surface area is 231 Å². The van der Waals surface area contributed by atoms with E-state index in [-0.39, 0.29) is 37.5 Å². The van der Waals surface area contributed by atoms with Gasteiger partial charge in [0.2, 0.25) is 5.91 Å². The second kappa shape index (κ2) is 11.3. The van der Waals surface area contributed by atoms with Crippen molar-refractivity contribution in [1.82, 2.24) is 4.90 Å². The van der Waals surface area contributed by atoms with Crippen LogP contribution < -0.4 is 9.64 Å². The van der Waals surface area contributed by atoms with Gasteiger partial charge in [-0.15, -0.1) is 6.58 Å². The molecular formula is C30H42N2O7. The number of anilines is 1. The number of nitrogens with zero attached hydrogens (tertiary/aromatic N) is 2. The topological polar surface area (TPSA) is 106 Å². The maximum absolute atomic E-state index is 14.6. The standard InChI is InChI=1S/C30H42N2O7/c1-7-16-31(20-10-12-22(37-6)13-11-20)27(35)25-30-15-14-29(8-2,39-30)24(28(36)38-9-3)23(30)26(34)32(25)21(18-33)17-19(4)5/h7,10-13,19,21,23-25,33H,1,8-9,14-18H2,2-6H3/t21-,23+,24+,25?,29-,30?/m1/s1. The number of rotatable bonds is 12. The third-order valence-electron chi connectivity index (χ3n) is 8.70. The van der Waals surface area contributed by atoms with Gasteiger partial charge in [-0.1, -0.05) is 26.8 Å². The summed E-state index contributed by atoms with van der Waals surface area (Å²) >= 11 is 0. The fraction of sp³-hybridized carbons (Fsp3) is 0.633. The van der Waals surface area contributed by atoms with Crippen LogP contribution in [0.25, 0.3) is 0 Å². The largest absolute Gasteiger partial charge is 0.497 e. The van der Waals surface area contributed by atoms with Crippen molar-refractivity contribution in [3.8, 4) is 5.75 Å². The van der Waals surface area contributed by atoms with Gasteiger partial charge in [0.15, 0.2) is 0 Å². The van der Waals surface area contributed by atoms with E-state index in [9.17, 15) is 19.5 Å². The number of aliphatic hydroxyl groups excluding tert-OH is 1. The lowest BCUT2D eigenvalue weighted by Crippen LogP contribution is -2.59. The van der Waals surface area contributed by atoms with Gasteiger partial charge >= 0.3 is 5.97 Å². The highest BCUT2D eigenvalue weighted by Gasteiger charge is 2.79. The quantitative estimate of drug-likeness (QED) is 0.319. The molecule has 0 radical (unpaired) electrons. The summed E-state index contributed by atoms with van der Waals surface area (Å²) in [6.07, 6.45) is 3.67. The van der Waals surface area contributed by atoms with Crippen LogP contribution in [0.15, 0.2) is 36.9 Å². The monoisotopic (exact) mass is 542 g/mol. The molecule has 0 aromatic heterocycles. The van der Waals surface area contributed by atoms with Crippen molar-refractivity contribution in [1.29, 1.82) is 0 Å². The maximum Gasteiger partial charge on any atom is 0.312 e. The summed E-state index contributed by atoms with van der Waals surface area (Å²) in [7, 11) is 1.57. The Kier molecular flexibility index (Phi) is 8.42. The number of aliphatic hydroxyl groups is 1. The van der Waals surface area contributed by atoms with Gasteiger partial charge in [0, 0.05) is 12.2 Å². The van der Waals surface area contributed by atoms with E-state index < -0.39 is 41.1 Å². The predicted molar refractivity (Wildman–Crippen MR) is 146 cm³/mol. The smallest absolute Gasteiger partial charge is 0.312 e. The number of carbonyl (C=O) groups excluding carboxylic acids is 3. The molecule has 1 N–H and O–H groups in total. The third-order valence-corrected chi connectivity index (χ3v) is 8.70. The molecule has 1 spiro atoms. The zero-order chi connectivity index (χ0) is 28.5. The van der Waals surface area contributed by atoms with E-state index in [0.29, 0.717) is 37.1 Å². The number of methoxy groups -OCH3 is 1. The Hall–Kier alpha value is -2.91. The Morgan fingerprint density at radius 3 is 2.49 bits per heavy atom. The van der Waals surface area contributed by atoms with Gasteiger partial charge in [0.05, 0.1) is 37.9 Å². The molecule has 4 rings (SSSR count). The SMILES string of the molecule is C=CCN(C(=O)C1N([C@@H](CO)CC(C)C)C(=O)[C@@H]2[C@@H](C(=O)OCC)[C@@]3(CC)CCC12O3)c1ccc(OC)cc1. The van der Waals surface area contributed by atoms with E-state index in [1.165, 1.54) is 4.90 Å². The fourth-order valence-electron chi connectivity index (χ4n) is 7.10. The number of esters is 1. The second-order valence-corrected chi connectivity index (χ2v) is 11.2. The number of hydrogen-bond acceptors (Lipinski definition) is 7. The lowest BCUT2D eigenvalue weighted by Gasteiger charge is -2.40. The molecule has 39 heavy (non-hydrogen) atoms. The summed E-state index contributed by atoms with van der Waals surface area (Å²) in [6, 6.07) is 5.50. The summed E-state index contributed by atoms with van der Waals surface area (Å²) in [5.74, 6) is -1.97. The van der Waals surface area contributed by atoms with Crippen molar-refractivity contribution in [3.05, 3.63) is 36.9 Å². The molecule has 2 unspecified atom stereocenters. The summed E-state index contributed by atoms with van der Waals surface area (Å²) < 4.78 is 17.5. The first kappa shape index (κ1) is 29.1. The Morgan fingerprint density at radius 1 is 1.26 bits per heavy atom. The van der Waals surface area contributed by atoms with Gasteiger partial charge < -0.3 is 29.1 Å². The van der Waals surface area contributed by atoms with Gasteiger partial charge in [-0.25, -0.2) is 0 Å². The van der Waals surface area contributed by atoms with Crippen LogP contribution in [0.3, 0.4) is 0 Å². The first-order chi connectivity index (χ1) is 18.6. The molecule has 3 aliphatic heterocycles. The first-order valence-corrected chi connectivity index (χ1v) is 14.0. The molecule has 3 fully saturated rings. The lowest BCUT2D eigenvalue weighted by molar-refractivity contribution is -0.161. The van der Waals surface area contributed by atoms with Crippen LogP contribution in [0.4, 0.5) is 5.69 Å². The molecule has 9 nitrogen and oxygen atoms in total. The Morgan fingerprint density at radius 2 is 1.95 bits per heavy atom. The third kappa shape index (κ3) is 4.63. The van der Waals surface area contributed by atoms with Crippen molar-refractivity contribution < 1.29 is 33.7 Å². The van der Waals surface area contributed by atoms with E-state index in [2.05, 4.69) is 6.58 Å². The van der Waals surface area contributed by atoms with Gasteiger partial charge in [-0.2, -0.15) is 0 Å². The fourth-order valence-corrected chi connectivity index (χ4v) is 7.10. The highest BCUT2D eigenvalue weighted by atomic mass is 16.6. The summed E-state index contributed by atoms with van der Waals surface area (Å²) in [5, 5.41) is 10.5. The molecule has 214 valence electrons. The zero-order valence-corrected chi connectivity index (χ0v) is 23.7. The number of benzene rings is 1. The molecule has 1 aromatic carbocycles. The highest BCUT2D eigenvalue weighted by Crippen LogP contribution is 2.65. The average molecular weight is 543 g/mol. The summed E-state index contributed by atoms with van der Waals surface area (Å²) in [6.45, 7) is 11.7. The predicted octanol–water partition coefficient (Wildman–Crippen LogP) is 3.34. The first-order valence-electron chi connectivity index (χ1n) is 14.0. The van der Waals surface area contributed by atoms with Crippen LogP contribution in [0, 0.1) is 17.8 Å². The molecular weight excluding hydrogens is 500 g/mol. The summed E-state index contributed by atoms with van der Waals surface area (Å²) in [5.41, 5.74) is -1.44. The number of likely N-dealkylation sites (tertiary alicyclic amines) is 1. The van der Waals surface area contributed by atoms with E-state index >= 15 is 0 Å². The van der Waals surface area contributed by atoms with Crippen molar-refractivity contribution in [2.45, 2.75) is 76.7 Å². The van der Waals surface area contributed by atoms with Gasteiger partial charge in [-0.05, 0) is 62.8 Å². The number of hydrogen-bond donors (Lipinski definition) is 1. The average Bonchev–Trinajstić information content (AvgIpc) is 3.53. The molecule has 3 aliphatic rings. The minimum absolute atomic E-state index is 0.162. The molecule has 2 bridgehead atoms. The van der Waals surface area contributed by atoms with Gasteiger partial charge in [0.1, 0.15) is 23.3 Å². The minimum atomic E-state index is -1.20. The second-order valence-electron chi connectivity index (χ2n) is 11.2. The molecule has 0 aliphatic carbocycles. The van der Waals surface area contributed by atoms with Crippen LogP contribution in [-0.2, 0) is 23.9 Å². The van der Waals surface area contributed by atoms with E-state index in [1.54, 1.807) is 49.3 Å². The molecule has 6 atom stereocenters. The molecule has 0 saturated carbocycles. The van der Waals surface area contributed by atoms with Gasteiger partial charge in [-0.3, -0.25) is 14.4 Å². The van der Waals surface area contributed by atoms with Crippen molar-refractivity contribution in [3.63, 3.8) is 0 Å². The molecule has 3 saturated heterocycles. The van der Waals surface area contributed by atoms with Crippen molar-refractivity contribution in [2.24, 2.45) is 17.8 Å². The van der Waals surface area contributed by atoms with Crippen LogP contribution >= 0.6 is 0 Å². The normalized spacial score (nSPS) is 29.9. The van der Waals surface area contributed by atoms with Crippen molar-refractivity contribution in [2.75, 3.05) is 31.8 Å². The van der Waals surface area contributed by atoms with Crippen molar-refractivity contribution >= 4 is 23.5 Å². The number of ether oxygens (including phenoxy) is 3. The van der Waals surface area contributed by atoms with E-state index in [0.717, 1.165) is 0 Å². The van der Waals surface area contributed by atoms with Crippen LogP contribution in [-0.4, -0.2) is 77.9 Å². The molecule has 1 aromatic rings. The highest BCUT2D eigenvalue weighted by molar-refractivity contribution is 6.05. The van der Waals surface area contributed by atoms with E-state index in [1.807, 2.05) is 20.8 Å². The number of carbonyl (C=O) groups is 3. The molecule has 3 heterocycles. The zero-order valence-electron chi connectivity index (χ0n) is 23.7. The Bertz CT molecular complexity index is 1090. The summed E-state index contributed by atoms with van der Waals surface area (Å²) in [4.78, 5) is 45.5. The number of amides is 2. The lowest BCUT2D eigenvalue weighted by atomic mass is 9.65. The Balaban J connectivity index is 1.86. The molecule has 9 heteroatoms. The maximum atomic E-state index is 14.6. The van der Waals surface area contributed by atoms with Crippen LogP contribution in [0.1, 0.15) is 53.4 Å². The minimum Gasteiger partial charge on any atom is -0.497 e. The van der Waals surface area contributed by atoms with Gasteiger partial charge in [0.25, 0.3) is 5.91 Å². The van der Waals surface area contributed by atoms with Crippen LogP contribution in [0.5, 0.6) is 5.75 Å². The molecule has 2 amide bonds.